The number of nitrogens with one attached hydrogen (secondary N) is 1. The smallest absolute Gasteiger partial charge is 0.260 e. The lowest BCUT2D eigenvalue weighted by atomic mass is 9.86. The second-order valence-electron chi connectivity index (χ2n) is 8.77. The van der Waals surface area contributed by atoms with E-state index in [2.05, 4.69) is 4.72 Å². The first-order chi connectivity index (χ1) is 16.4. The van der Waals surface area contributed by atoms with Crippen molar-refractivity contribution in [2.45, 2.75) is 42.3 Å². The highest BCUT2D eigenvalue weighted by Gasteiger charge is 2.41. The van der Waals surface area contributed by atoms with E-state index in [0.717, 1.165) is 17.8 Å². The van der Waals surface area contributed by atoms with Crippen LogP contribution < -0.4 is 14.5 Å². The number of anilines is 3. The van der Waals surface area contributed by atoms with Gasteiger partial charge >= 0.3 is 0 Å². The summed E-state index contributed by atoms with van der Waals surface area (Å²) >= 11 is 0. The highest BCUT2D eigenvalue weighted by atomic mass is 32.2. The molecule has 1 heterocycles. The van der Waals surface area contributed by atoms with Crippen molar-refractivity contribution in [1.82, 2.24) is 4.72 Å². The Morgan fingerprint density at radius 2 is 1.47 bits per heavy atom. The Balaban J connectivity index is 1.55. The zero-order valence-corrected chi connectivity index (χ0v) is 19.7. The summed E-state index contributed by atoms with van der Waals surface area (Å²) in [7, 11) is -2.04. The molecule has 3 aromatic carbocycles. The lowest BCUT2D eigenvalue weighted by Gasteiger charge is -2.43. The second kappa shape index (κ2) is 8.87. The molecule has 0 bridgehead atoms. The van der Waals surface area contributed by atoms with Gasteiger partial charge in [0.25, 0.3) is 5.91 Å². The standard InChI is InChI=1S/C26H27N3O4S/c1-28-22-15-7-8-16-23(22)29(21-14-6-5-12-19(21)26(28)31)24-17-9-13-20(25(24)30)27-34(32,33)18-10-3-2-4-11-18/h2-8,10-12,14-16,20,24-25,27,30H,9,13,17H2,1H3. The fraction of sp³-hybridized carbons (Fsp3) is 0.269. The van der Waals surface area contributed by atoms with E-state index >= 15 is 0 Å². The van der Waals surface area contributed by atoms with Gasteiger partial charge in [0.05, 0.1) is 45.7 Å². The zero-order valence-electron chi connectivity index (χ0n) is 18.8. The molecule has 7 nitrogen and oxygen atoms in total. The number of hydrogen-bond donors (Lipinski definition) is 2. The minimum absolute atomic E-state index is 0.128. The number of carbonyl (C=O) groups is 1. The molecule has 3 unspecified atom stereocenters. The number of nitrogens with zero attached hydrogens (tertiary/aromatic N) is 2. The number of rotatable bonds is 4. The summed E-state index contributed by atoms with van der Waals surface area (Å²) in [5, 5.41) is 11.5. The average Bonchev–Trinajstić information content (AvgIpc) is 2.95. The van der Waals surface area contributed by atoms with Crippen LogP contribution in [0.4, 0.5) is 17.1 Å². The third-order valence-electron chi connectivity index (χ3n) is 6.71. The molecule has 2 N–H and O–H groups in total. The minimum atomic E-state index is -3.78. The fourth-order valence-electron chi connectivity index (χ4n) is 5.03. The minimum Gasteiger partial charge on any atom is -0.389 e. The summed E-state index contributed by atoms with van der Waals surface area (Å²) in [5.74, 6) is -0.128. The van der Waals surface area contributed by atoms with E-state index in [-0.39, 0.29) is 10.8 Å². The molecule has 0 spiro atoms. The SMILES string of the molecule is CN1C(=O)c2ccccc2N(C2CCCC(NS(=O)(=O)c3ccccc3)C2O)c2ccccc21. The van der Waals surface area contributed by atoms with Crippen LogP contribution in [0.5, 0.6) is 0 Å². The largest absolute Gasteiger partial charge is 0.389 e. The van der Waals surface area contributed by atoms with Crippen LogP contribution in [0.2, 0.25) is 0 Å². The van der Waals surface area contributed by atoms with Crippen molar-refractivity contribution in [2.75, 3.05) is 16.8 Å². The summed E-state index contributed by atoms with van der Waals surface area (Å²) in [4.78, 5) is 17.1. The Bertz CT molecular complexity index is 1310. The van der Waals surface area contributed by atoms with Crippen LogP contribution in [-0.4, -0.2) is 44.7 Å². The van der Waals surface area contributed by atoms with Gasteiger partial charge in [-0.1, -0.05) is 42.5 Å². The van der Waals surface area contributed by atoms with Crippen molar-refractivity contribution in [3.05, 3.63) is 84.4 Å². The highest BCUT2D eigenvalue weighted by Crippen LogP contribution is 2.43. The maximum atomic E-state index is 13.3. The van der Waals surface area contributed by atoms with Crippen LogP contribution in [0.3, 0.4) is 0 Å². The van der Waals surface area contributed by atoms with Gasteiger partial charge in [-0.2, -0.15) is 0 Å². The number of carbonyl (C=O) groups excluding carboxylic acids is 1. The molecule has 5 rings (SSSR count). The van der Waals surface area contributed by atoms with Gasteiger partial charge in [-0.25, -0.2) is 13.1 Å². The molecular formula is C26H27N3O4S. The molecule has 2 aliphatic rings. The van der Waals surface area contributed by atoms with Crippen molar-refractivity contribution in [3.8, 4) is 0 Å². The van der Waals surface area contributed by atoms with E-state index in [9.17, 15) is 18.3 Å². The van der Waals surface area contributed by atoms with Crippen molar-refractivity contribution in [3.63, 3.8) is 0 Å². The lowest BCUT2D eigenvalue weighted by Crippen LogP contribution is -2.55. The molecule has 0 saturated heterocycles. The summed E-state index contributed by atoms with van der Waals surface area (Å²) in [5.41, 5.74) is 2.79. The maximum absolute atomic E-state index is 13.3. The van der Waals surface area contributed by atoms with Crippen LogP contribution in [0, 0.1) is 0 Å². The van der Waals surface area contributed by atoms with E-state index in [1.807, 2.05) is 47.4 Å². The van der Waals surface area contributed by atoms with Gasteiger partial charge in [0.15, 0.2) is 0 Å². The molecule has 1 aliphatic carbocycles. The van der Waals surface area contributed by atoms with Gasteiger partial charge in [-0.05, 0) is 55.7 Å². The normalized spacial score (nSPS) is 22.6. The predicted octanol–water partition coefficient (Wildman–Crippen LogP) is 3.68. The quantitative estimate of drug-likeness (QED) is 0.598. The monoisotopic (exact) mass is 477 g/mol. The number of para-hydroxylation sites is 3. The number of fused-ring (bicyclic) bond motifs is 2. The van der Waals surface area contributed by atoms with Gasteiger partial charge in [0, 0.05) is 7.05 Å². The Morgan fingerprint density at radius 3 is 2.21 bits per heavy atom. The maximum Gasteiger partial charge on any atom is 0.260 e. The first-order valence-corrected chi connectivity index (χ1v) is 12.9. The first kappa shape index (κ1) is 22.6. The van der Waals surface area contributed by atoms with Crippen LogP contribution in [0.1, 0.15) is 29.6 Å². The fourth-order valence-corrected chi connectivity index (χ4v) is 6.33. The van der Waals surface area contributed by atoms with Gasteiger partial charge in [-0.3, -0.25) is 4.79 Å². The molecular weight excluding hydrogens is 450 g/mol. The second-order valence-corrected chi connectivity index (χ2v) is 10.5. The van der Waals surface area contributed by atoms with Crippen LogP contribution in [0.25, 0.3) is 0 Å². The molecule has 0 radical (unpaired) electrons. The molecule has 0 aromatic heterocycles. The van der Waals surface area contributed by atoms with E-state index < -0.39 is 28.2 Å². The molecule has 1 amide bonds. The molecule has 8 heteroatoms. The van der Waals surface area contributed by atoms with Crippen LogP contribution in [-0.2, 0) is 10.0 Å². The number of amides is 1. The number of benzene rings is 3. The number of hydrogen-bond acceptors (Lipinski definition) is 5. The molecule has 3 atom stereocenters. The first-order valence-electron chi connectivity index (χ1n) is 11.4. The predicted molar refractivity (Wildman–Crippen MR) is 132 cm³/mol. The van der Waals surface area contributed by atoms with E-state index in [1.165, 1.54) is 12.1 Å². The van der Waals surface area contributed by atoms with Gasteiger partial charge in [0.1, 0.15) is 0 Å². The van der Waals surface area contributed by atoms with Crippen molar-refractivity contribution in [2.24, 2.45) is 0 Å². The molecule has 1 saturated carbocycles. The Kier molecular flexibility index (Phi) is 5.89. The van der Waals surface area contributed by atoms with Crippen LogP contribution >= 0.6 is 0 Å². The molecule has 1 fully saturated rings. The Morgan fingerprint density at radius 1 is 0.853 bits per heavy atom. The van der Waals surface area contributed by atoms with Crippen molar-refractivity contribution < 1.29 is 18.3 Å². The third-order valence-corrected chi connectivity index (χ3v) is 8.22. The van der Waals surface area contributed by atoms with E-state index in [1.54, 1.807) is 36.2 Å². The van der Waals surface area contributed by atoms with Gasteiger partial charge in [0.2, 0.25) is 10.0 Å². The average molecular weight is 478 g/mol. The molecule has 176 valence electrons. The summed E-state index contributed by atoms with van der Waals surface area (Å²) in [6, 6.07) is 22.1. The van der Waals surface area contributed by atoms with Crippen molar-refractivity contribution in [1.29, 1.82) is 0 Å². The lowest BCUT2D eigenvalue weighted by molar-refractivity contribution is 0.0812. The Hall–Kier alpha value is -3.20. The van der Waals surface area contributed by atoms with Gasteiger partial charge in [-0.15, -0.1) is 0 Å². The summed E-state index contributed by atoms with van der Waals surface area (Å²) < 4.78 is 28.7. The van der Waals surface area contributed by atoms with E-state index in [4.69, 9.17) is 0 Å². The number of sulfonamides is 1. The zero-order chi connectivity index (χ0) is 23.9. The number of aliphatic hydroxyl groups excluding tert-OH is 1. The molecule has 3 aromatic rings. The van der Waals surface area contributed by atoms with Crippen molar-refractivity contribution >= 4 is 33.0 Å². The topological polar surface area (TPSA) is 90.0 Å². The number of aliphatic hydroxyl groups is 1. The third kappa shape index (κ3) is 3.87. The molecule has 1 aliphatic heterocycles. The van der Waals surface area contributed by atoms with Crippen LogP contribution in [0.15, 0.2) is 83.8 Å². The Labute approximate surface area is 199 Å². The highest BCUT2D eigenvalue weighted by molar-refractivity contribution is 7.89. The van der Waals surface area contributed by atoms with Gasteiger partial charge < -0.3 is 14.9 Å². The summed E-state index contributed by atoms with van der Waals surface area (Å²) in [6.45, 7) is 0. The van der Waals surface area contributed by atoms with E-state index in [0.29, 0.717) is 24.1 Å². The summed E-state index contributed by atoms with van der Waals surface area (Å²) in [6.07, 6.45) is 0.936. The molecule has 34 heavy (non-hydrogen) atoms.